The van der Waals surface area contributed by atoms with E-state index in [0.29, 0.717) is 0 Å². The molecule has 6 nitrogen and oxygen atoms in total. The Balaban J connectivity index is -0.000000333. The predicted molar refractivity (Wildman–Crippen MR) is 54.0 cm³/mol. The normalized spacial score (nSPS) is 14.4. The zero-order valence-electron chi connectivity index (χ0n) is 10.4. The van der Waals surface area contributed by atoms with E-state index in [4.69, 9.17) is 0 Å². The monoisotopic (exact) mass is 421 g/mol. The molecular formula is C4H4F10N2NaO4S2. The summed E-state index contributed by atoms with van der Waals surface area (Å²) in [4.78, 5) is 0. The number of hydrogen-bond acceptors (Lipinski definition) is 4. The van der Waals surface area contributed by atoms with Gasteiger partial charge in [-0.1, -0.05) is 0 Å². The molecule has 23 heavy (non-hydrogen) atoms. The summed E-state index contributed by atoms with van der Waals surface area (Å²) < 4.78 is 152. The number of rotatable bonds is 2. The summed E-state index contributed by atoms with van der Waals surface area (Å²) in [5, 5.41) is -4.55. The zero-order chi connectivity index (χ0) is 19.0. The molecule has 0 aromatic rings. The van der Waals surface area contributed by atoms with Gasteiger partial charge in [0.2, 0.25) is 0 Å². The minimum Gasteiger partial charge on any atom is -0.223 e. The molecule has 19 heteroatoms. The van der Waals surface area contributed by atoms with E-state index in [2.05, 4.69) is 10.3 Å². The van der Waals surface area contributed by atoms with Gasteiger partial charge in [0, 0.05) is 29.6 Å². The van der Waals surface area contributed by atoms with E-state index in [1.165, 1.54) is 0 Å². The fraction of sp³-hybridized carbons (Fsp3) is 1.00. The molecule has 4 N–H and O–H groups in total. The smallest absolute Gasteiger partial charge is 0.223 e. The van der Waals surface area contributed by atoms with Crippen LogP contribution in [0.2, 0.25) is 0 Å². The van der Waals surface area contributed by atoms with Crippen LogP contribution in [0.5, 0.6) is 0 Å². The second-order valence-electron chi connectivity index (χ2n) is 3.12. The van der Waals surface area contributed by atoms with E-state index in [1.807, 2.05) is 0 Å². The van der Waals surface area contributed by atoms with Crippen LogP contribution in [0.25, 0.3) is 0 Å². The van der Waals surface area contributed by atoms with Crippen molar-refractivity contribution in [2.45, 2.75) is 22.9 Å². The second kappa shape index (κ2) is 7.56. The summed E-state index contributed by atoms with van der Waals surface area (Å²) in [7, 11) is -11.8. The maximum atomic E-state index is 11.6. The molecule has 0 fully saturated rings. The van der Waals surface area contributed by atoms with E-state index in [0.717, 1.165) is 0 Å². The number of alkyl halides is 10. The number of nitrogens with two attached hydrogens (primary N) is 2. The van der Waals surface area contributed by atoms with Crippen molar-refractivity contribution in [2.24, 2.45) is 10.3 Å². The Morgan fingerprint density at radius 1 is 0.522 bits per heavy atom. The Morgan fingerprint density at radius 3 is 0.652 bits per heavy atom. The minimum absolute atomic E-state index is 0. The van der Waals surface area contributed by atoms with Crippen LogP contribution in [-0.2, 0) is 20.0 Å². The molecular weight excluding hydrogens is 417 g/mol. The van der Waals surface area contributed by atoms with E-state index in [9.17, 15) is 60.7 Å². The topological polar surface area (TPSA) is 120 Å². The molecule has 0 aliphatic heterocycles. The van der Waals surface area contributed by atoms with Crippen LogP contribution in [0.3, 0.4) is 0 Å². The number of hydrogen-bond donors (Lipinski definition) is 2. The molecule has 0 aromatic carbocycles. The zero-order valence-corrected chi connectivity index (χ0v) is 14.0. The third-order valence-corrected chi connectivity index (χ3v) is 3.27. The molecule has 0 rings (SSSR count). The first kappa shape index (κ1) is 27.9. The summed E-state index contributed by atoms with van der Waals surface area (Å²) in [5.41, 5.74) is 0. The van der Waals surface area contributed by atoms with Gasteiger partial charge in [-0.25, -0.2) is 27.1 Å². The van der Waals surface area contributed by atoms with Crippen molar-refractivity contribution < 1.29 is 60.7 Å². The maximum Gasteiger partial charge on any atom is 0.470 e. The molecule has 0 aliphatic rings. The Labute approximate surface area is 143 Å². The minimum atomic E-state index is -6.17. The molecule has 0 atom stereocenters. The van der Waals surface area contributed by atoms with Crippen LogP contribution in [0, 0.1) is 0 Å². The van der Waals surface area contributed by atoms with Crippen LogP contribution in [-0.4, -0.2) is 69.3 Å². The molecule has 0 aromatic heterocycles. The SMILES string of the molecule is NS(=O)(=O)C(F)(F)C(F)(F)F.NS(=O)(=O)C(F)(F)C(F)(F)F.[Na]. The van der Waals surface area contributed by atoms with Crippen LogP contribution in [0.15, 0.2) is 0 Å². The molecule has 0 spiro atoms. The summed E-state index contributed by atoms with van der Waals surface area (Å²) >= 11 is 0. The van der Waals surface area contributed by atoms with E-state index >= 15 is 0 Å². The van der Waals surface area contributed by atoms with E-state index < -0.39 is 42.9 Å². The van der Waals surface area contributed by atoms with E-state index in [-0.39, 0.29) is 29.6 Å². The summed E-state index contributed by atoms with van der Waals surface area (Å²) in [6.45, 7) is 0. The van der Waals surface area contributed by atoms with Gasteiger partial charge >= 0.3 is 22.9 Å². The maximum absolute atomic E-state index is 11.6. The fourth-order valence-electron chi connectivity index (χ4n) is 0.323. The van der Waals surface area contributed by atoms with Gasteiger partial charge in [0.05, 0.1) is 0 Å². The first-order valence-corrected chi connectivity index (χ1v) is 7.03. The van der Waals surface area contributed by atoms with Gasteiger partial charge in [0.1, 0.15) is 0 Å². The molecule has 0 saturated carbocycles. The van der Waals surface area contributed by atoms with Gasteiger partial charge < -0.3 is 0 Å². The Hall–Kier alpha value is 0.120. The molecule has 0 aliphatic carbocycles. The first-order valence-electron chi connectivity index (χ1n) is 3.94. The van der Waals surface area contributed by atoms with E-state index in [1.54, 1.807) is 0 Å². The van der Waals surface area contributed by atoms with Crippen molar-refractivity contribution in [3.8, 4) is 0 Å². The van der Waals surface area contributed by atoms with Crippen molar-refractivity contribution in [1.29, 1.82) is 0 Å². The molecule has 0 heterocycles. The quantitative estimate of drug-likeness (QED) is 0.498. The van der Waals surface area contributed by atoms with Gasteiger partial charge in [-0.05, 0) is 0 Å². The van der Waals surface area contributed by atoms with Crippen LogP contribution >= 0.6 is 0 Å². The summed E-state index contributed by atoms with van der Waals surface area (Å²) in [6.07, 6.45) is -12.3. The summed E-state index contributed by atoms with van der Waals surface area (Å²) in [6, 6.07) is 0. The number of primary sulfonamides is 2. The van der Waals surface area contributed by atoms with Gasteiger partial charge in [-0.15, -0.1) is 0 Å². The fourth-order valence-corrected chi connectivity index (χ4v) is 0.968. The average Bonchev–Trinajstić information content (AvgIpc) is 2.10. The largest absolute Gasteiger partial charge is 0.470 e. The van der Waals surface area contributed by atoms with Gasteiger partial charge in [0.25, 0.3) is 20.0 Å². The van der Waals surface area contributed by atoms with Crippen molar-refractivity contribution in [3.63, 3.8) is 0 Å². The molecule has 0 bridgehead atoms. The number of sulfonamides is 2. The van der Waals surface area contributed by atoms with Crippen LogP contribution in [0.1, 0.15) is 0 Å². The predicted octanol–water partition coefficient (Wildman–Crippen LogP) is 0.479. The average molecular weight is 421 g/mol. The van der Waals surface area contributed by atoms with Gasteiger partial charge in [0.15, 0.2) is 0 Å². The van der Waals surface area contributed by atoms with Crippen molar-refractivity contribution in [2.75, 3.05) is 0 Å². The number of halogens is 10. The van der Waals surface area contributed by atoms with Crippen molar-refractivity contribution >= 4 is 49.6 Å². The van der Waals surface area contributed by atoms with Crippen LogP contribution < -0.4 is 10.3 Å². The first-order chi connectivity index (χ1) is 9.00. The molecule has 137 valence electrons. The summed E-state index contributed by atoms with van der Waals surface area (Å²) in [5.74, 6) is 0. The molecule has 0 saturated heterocycles. The van der Waals surface area contributed by atoms with Gasteiger partial charge in [-0.2, -0.15) is 43.9 Å². The second-order valence-corrected chi connectivity index (χ2v) is 6.32. The Bertz CT molecular complexity index is 539. The van der Waals surface area contributed by atoms with Crippen molar-refractivity contribution in [3.05, 3.63) is 0 Å². The standard InChI is InChI=1S/2C2H2F5NO2S.Na/c2*3-1(4,5)2(6,7)11(8,9)10;/h2*(H2,8,9,10);. The third kappa shape index (κ3) is 6.86. The molecule has 0 amide bonds. The Kier molecular flexibility index (Phi) is 9.19. The van der Waals surface area contributed by atoms with Crippen molar-refractivity contribution in [1.82, 2.24) is 0 Å². The van der Waals surface area contributed by atoms with Gasteiger partial charge in [-0.3, -0.25) is 0 Å². The Morgan fingerprint density at radius 2 is 0.652 bits per heavy atom. The molecule has 0 unspecified atom stereocenters. The third-order valence-electron chi connectivity index (χ3n) is 1.37. The van der Waals surface area contributed by atoms with Crippen LogP contribution in [0.4, 0.5) is 43.9 Å². The molecule has 1 radical (unpaired) electrons.